The van der Waals surface area contributed by atoms with Crippen LogP contribution < -0.4 is 4.74 Å². The average molecular weight is 434 g/mol. The fourth-order valence-corrected chi connectivity index (χ4v) is 3.85. The zero-order valence-electron chi connectivity index (χ0n) is 19.0. The molecule has 6 heteroatoms. The van der Waals surface area contributed by atoms with E-state index in [9.17, 15) is 4.79 Å². The standard InChI is InChI=1S/C26H31N3O3/c1-4-26(2,3)32-25(30)28-18-15-20(16-19-28)24-14-17-27-29(24)21-10-12-23(13-11-21)31-22-8-6-5-7-9-22/h5-14,17,20H,4,15-16,18-19H2,1-3H3. The summed E-state index contributed by atoms with van der Waals surface area (Å²) in [6, 6.07) is 19.8. The van der Waals surface area contributed by atoms with Gasteiger partial charge in [-0.15, -0.1) is 0 Å². The minimum atomic E-state index is -0.428. The minimum Gasteiger partial charge on any atom is -0.457 e. The molecule has 0 unspecified atom stereocenters. The summed E-state index contributed by atoms with van der Waals surface area (Å²) in [5.74, 6) is 1.95. The van der Waals surface area contributed by atoms with Crippen LogP contribution in [0.3, 0.4) is 0 Å². The van der Waals surface area contributed by atoms with E-state index < -0.39 is 5.60 Å². The second-order valence-electron chi connectivity index (χ2n) is 8.82. The quantitative estimate of drug-likeness (QED) is 0.466. The fourth-order valence-electron chi connectivity index (χ4n) is 3.85. The number of amides is 1. The SMILES string of the molecule is CCC(C)(C)OC(=O)N1CCC(c2ccnn2-c2ccc(Oc3ccccc3)cc2)CC1. The van der Waals surface area contributed by atoms with Crippen LogP contribution in [0.2, 0.25) is 0 Å². The summed E-state index contributed by atoms with van der Waals surface area (Å²) in [4.78, 5) is 14.3. The van der Waals surface area contributed by atoms with Crippen molar-refractivity contribution in [3.63, 3.8) is 0 Å². The lowest BCUT2D eigenvalue weighted by atomic mass is 9.93. The van der Waals surface area contributed by atoms with Gasteiger partial charge in [0.05, 0.1) is 5.69 Å². The van der Waals surface area contributed by atoms with Gasteiger partial charge in [0.15, 0.2) is 0 Å². The molecule has 0 N–H and O–H groups in total. The smallest absolute Gasteiger partial charge is 0.410 e. The second-order valence-corrected chi connectivity index (χ2v) is 8.82. The molecule has 2 heterocycles. The number of carbonyl (C=O) groups excluding carboxylic acids is 1. The van der Waals surface area contributed by atoms with Crippen molar-refractivity contribution in [1.29, 1.82) is 0 Å². The molecule has 0 spiro atoms. The number of benzene rings is 2. The maximum atomic E-state index is 12.5. The Morgan fingerprint density at radius 3 is 2.31 bits per heavy atom. The van der Waals surface area contributed by atoms with E-state index in [2.05, 4.69) is 11.2 Å². The lowest BCUT2D eigenvalue weighted by Crippen LogP contribution is -2.42. The van der Waals surface area contributed by atoms with Crippen LogP contribution in [0, 0.1) is 0 Å². The van der Waals surface area contributed by atoms with Crippen molar-refractivity contribution in [2.24, 2.45) is 0 Å². The summed E-state index contributed by atoms with van der Waals surface area (Å²) in [7, 11) is 0. The Balaban J connectivity index is 1.39. The van der Waals surface area contributed by atoms with E-state index in [1.165, 1.54) is 5.69 Å². The molecule has 0 radical (unpaired) electrons. The van der Waals surface area contributed by atoms with Crippen molar-refractivity contribution in [2.75, 3.05) is 13.1 Å². The van der Waals surface area contributed by atoms with Gasteiger partial charge in [-0.3, -0.25) is 0 Å². The van der Waals surface area contributed by atoms with Crippen molar-refractivity contribution >= 4 is 6.09 Å². The van der Waals surface area contributed by atoms with Gasteiger partial charge in [0.1, 0.15) is 17.1 Å². The first kappa shape index (κ1) is 21.9. The molecule has 1 aliphatic heterocycles. The van der Waals surface area contributed by atoms with E-state index in [4.69, 9.17) is 9.47 Å². The van der Waals surface area contributed by atoms with E-state index in [0.717, 1.165) is 36.4 Å². The third-order valence-corrected chi connectivity index (χ3v) is 6.12. The Labute approximate surface area is 189 Å². The van der Waals surface area contributed by atoms with Gasteiger partial charge >= 0.3 is 6.09 Å². The van der Waals surface area contributed by atoms with E-state index in [0.29, 0.717) is 19.0 Å². The number of carbonyl (C=O) groups is 1. The molecule has 6 nitrogen and oxygen atoms in total. The molecule has 1 amide bonds. The molecule has 0 saturated carbocycles. The van der Waals surface area contributed by atoms with Crippen LogP contribution in [0.5, 0.6) is 11.5 Å². The topological polar surface area (TPSA) is 56.6 Å². The maximum Gasteiger partial charge on any atom is 0.410 e. The van der Waals surface area contributed by atoms with Crippen molar-refractivity contribution in [1.82, 2.24) is 14.7 Å². The van der Waals surface area contributed by atoms with E-state index in [1.54, 1.807) is 0 Å². The van der Waals surface area contributed by atoms with Gasteiger partial charge in [-0.2, -0.15) is 5.10 Å². The molecule has 0 atom stereocenters. The molecule has 0 aliphatic carbocycles. The van der Waals surface area contributed by atoms with Crippen LogP contribution in [0.1, 0.15) is 51.6 Å². The van der Waals surface area contributed by atoms with Crippen LogP contribution in [0.4, 0.5) is 4.79 Å². The Hall–Kier alpha value is -3.28. The number of para-hydroxylation sites is 1. The Bertz CT molecular complexity index is 1020. The molecule has 1 aromatic heterocycles. The van der Waals surface area contributed by atoms with Crippen LogP contribution in [0.15, 0.2) is 66.9 Å². The molecule has 2 aromatic carbocycles. The molecular formula is C26H31N3O3. The number of piperidine rings is 1. The zero-order valence-corrected chi connectivity index (χ0v) is 19.0. The summed E-state index contributed by atoms with van der Waals surface area (Å²) < 4.78 is 13.5. The summed E-state index contributed by atoms with van der Waals surface area (Å²) >= 11 is 0. The third kappa shape index (κ3) is 5.13. The summed E-state index contributed by atoms with van der Waals surface area (Å²) in [5, 5.41) is 4.56. The summed E-state index contributed by atoms with van der Waals surface area (Å²) in [6.07, 6.45) is 4.21. The van der Waals surface area contributed by atoms with Crippen LogP contribution in [0.25, 0.3) is 5.69 Å². The highest BCUT2D eigenvalue weighted by Gasteiger charge is 2.30. The molecule has 32 heavy (non-hydrogen) atoms. The van der Waals surface area contributed by atoms with Crippen molar-refractivity contribution in [3.8, 4) is 17.2 Å². The van der Waals surface area contributed by atoms with Gasteiger partial charge in [-0.1, -0.05) is 25.1 Å². The predicted molar refractivity (Wildman–Crippen MR) is 124 cm³/mol. The highest BCUT2D eigenvalue weighted by atomic mass is 16.6. The lowest BCUT2D eigenvalue weighted by Gasteiger charge is -2.34. The van der Waals surface area contributed by atoms with Crippen molar-refractivity contribution < 1.29 is 14.3 Å². The highest BCUT2D eigenvalue weighted by Crippen LogP contribution is 2.31. The number of ether oxygens (including phenoxy) is 2. The fraction of sp³-hybridized carbons (Fsp3) is 0.385. The van der Waals surface area contributed by atoms with E-state index in [1.807, 2.05) is 91.1 Å². The first-order valence-corrected chi connectivity index (χ1v) is 11.3. The molecule has 1 aliphatic rings. The van der Waals surface area contributed by atoms with Gasteiger partial charge in [0.25, 0.3) is 0 Å². The number of likely N-dealkylation sites (tertiary alicyclic amines) is 1. The first-order chi connectivity index (χ1) is 15.4. The lowest BCUT2D eigenvalue weighted by molar-refractivity contribution is 0.00740. The molecule has 1 saturated heterocycles. The molecular weight excluding hydrogens is 402 g/mol. The van der Waals surface area contributed by atoms with Crippen molar-refractivity contribution in [2.45, 2.75) is 51.6 Å². The number of hydrogen-bond acceptors (Lipinski definition) is 4. The zero-order chi connectivity index (χ0) is 22.6. The Morgan fingerprint density at radius 1 is 1.00 bits per heavy atom. The normalized spacial score (nSPS) is 14.9. The van der Waals surface area contributed by atoms with E-state index >= 15 is 0 Å². The monoisotopic (exact) mass is 433 g/mol. The minimum absolute atomic E-state index is 0.210. The number of rotatable bonds is 6. The molecule has 1 fully saturated rings. The van der Waals surface area contributed by atoms with Gasteiger partial charge < -0.3 is 14.4 Å². The molecule has 168 valence electrons. The van der Waals surface area contributed by atoms with Crippen LogP contribution in [-0.4, -0.2) is 39.5 Å². The summed E-state index contributed by atoms with van der Waals surface area (Å²) in [6.45, 7) is 7.32. The van der Waals surface area contributed by atoms with Crippen LogP contribution in [-0.2, 0) is 4.74 Å². The number of aromatic nitrogens is 2. The Kier molecular flexibility index (Phi) is 6.49. The Morgan fingerprint density at radius 2 is 1.66 bits per heavy atom. The second kappa shape index (κ2) is 9.47. The van der Waals surface area contributed by atoms with Gasteiger partial charge in [0.2, 0.25) is 0 Å². The maximum absolute atomic E-state index is 12.5. The van der Waals surface area contributed by atoms with Gasteiger partial charge in [-0.05, 0) is 75.6 Å². The molecule has 0 bridgehead atoms. The van der Waals surface area contributed by atoms with E-state index in [-0.39, 0.29) is 6.09 Å². The summed E-state index contributed by atoms with van der Waals surface area (Å²) in [5.41, 5.74) is 1.74. The third-order valence-electron chi connectivity index (χ3n) is 6.12. The van der Waals surface area contributed by atoms with Crippen LogP contribution >= 0.6 is 0 Å². The largest absolute Gasteiger partial charge is 0.457 e. The van der Waals surface area contributed by atoms with Gasteiger partial charge in [0, 0.05) is 30.9 Å². The predicted octanol–water partition coefficient (Wildman–Crippen LogP) is 6.17. The first-order valence-electron chi connectivity index (χ1n) is 11.3. The highest BCUT2D eigenvalue weighted by molar-refractivity contribution is 5.68. The number of hydrogen-bond donors (Lipinski definition) is 0. The molecule has 3 aromatic rings. The van der Waals surface area contributed by atoms with Crippen molar-refractivity contribution in [3.05, 3.63) is 72.6 Å². The molecule has 4 rings (SSSR count). The van der Waals surface area contributed by atoms with Gasteiger partial charge in [-0.25, -0.2) is 9.48 Å². The average Bonchev–Trinajstić information content (AvgIpc) is 3.30. The number of nitrogens with zero attached hydrogens (tertiary/aromatic N) is 3.